The number of hydroxylamine groups is 2. The predicted octanol–water partition coefficient (Wildman–Crippen LogP) is 1.50. The first-order chi connectivity index (χ1) is 13.4. The van der Waals surface area contributed by atoms with Gasteiger partial charge in [0, 0.05) is 13.3 Å². The topological polar surface area (TPSA) is 102 Å². The number of carbonyl (C=O) groups excluding carboxylic acids is 4. The Morgan fingerprint density at radius 2 is 1.68 bits per heavy atom. The van der Waals surface area contributed by atoms with E-state index >= 15 is 0 Å². The average molecular weight is 382 g/mol. The highest BCUT2D eigenvalue weighted by molar-refractivity contribution is 6.20. The Morgan fingerprint density at radius 3 is 2.25 bits per heavy atom. The molecule has 0 fully saturated rings. The molecule has 0 aromatic heterocycles. The lowest BCUT2D eigenvalue weighted by atomic mass is 10.1. The Bertz CT molecular complexity index is 920. The first-order valence-electron chi connectivity index (χ1n) is 8.50. The van der Waals surface area contributed by atoms with Crippen LogP contribution in [0.2, 0.25) is 0 Å². The summed E-state index contributed by atoms with van der Waals surface area (Å²) in [4.78, 5) is 53.9. The van der Waals surface area contributed by atoms with Crippen LogP contribution in [-0.2, 0) is 20.8 Å². The minimum absolute atomic E-state index is 0.0960. The summed E-state index contributed by atoms with van der Waals surface area (Å²) >= 11 is 0. The normalized spacial score (nSPS) is 13.7. The zero-order valence-corrected chi connectivity index (χ0v) is 15.3. The summed E-state index contributed by atoms with van der Waals surface area (Å²) in [6, 6.07) is 12.0. The van der Waals surface area contributed by atoms with Gasteiger partial charge in [0.15, 0.2) is 0 Å². The highest BCUT2D eigenvalue weighted by atomic mass is 16.7. The molecule has 0 saturated heterocycles. The molecule has 2 aromatic carbocycles. The van der Waals surface area contributed by atoms with Gasteiger partial charge in [0.2, 0.25) is 5.91 Å². The number of amides is 3. The molecule has 2 aromatic rings. The second-order valence-corrected chi connectivity index (χ2v) is 6.17. The van der Waals surface area contributed by atoms with Crippen LogP contribution in [0.5, 0.6) is 5.75 Å². The monoisotopic (exact) mass is 382 g/mol. The number of hydrogen-bond donors (Lipinski definition) is 1. The first kappa shape index (κ1) is 19.1. The summed E-state index contributed by atoms with van der Waals surface area (Å²) in [5.41, 5.74) is 1.02. The maximum atomic E-state index is 12.6. The van der Waals surface area contributed by atoms with Gasteiger partial charge in [0.05, 0.1) is 18.2 Å². The van der Waals surface area contributed by atoms with Crippen molar-refractivity contribution in [3.63, 3.8) is 0 Å². The van der Waals surface area contributed by atoms with Gasteiger partial charge >= 0.3 is 5.97 Å². The third kappa shape index (κ3) is 3.85. The molecule has 1 heterocycles. The van der Waals surface area contributed by atoms with Crippen LogP contribution in [0.4, 0.5) is 0 Å². The molecule has 8 nitrogen and oxygen atoms in total. The van der Waals surface area contributed by atoms with E-state index in [-0.39, 0.29) is 17.5 Å². The van der Waals surface area contributed by atoms with E-state index in [0.29, 0.717) is 16.4 Å². The molecule has 1 atom stereocenters. The van der Waals surface area contributed by atoms with Crippen molar-refractivity contribution in [2.24, 2.45) is 0 Å². The molecule has 3 amide bonds. The van der Waals surface area contributed by atoms with Gasteiger partial charge in [-0.3, -0.25) is 14.4 Å². The van der Waals surface area contributed by atoms with Crippen LogP contribution >= 0.6 is 0 Å². The number of nitrogens with zero attached hydrogens (tertiary/aromatic N) is 1. The number of nitrogens with one attached hydrogen (secondary N) is 1. The van der Waals surface area contributed by atoms with E-state index in [4.69, 9.17) is 9.57 Å². The molecule has 1 aliphatic rings. The van der Waals surface area contributed by atoms with E-state index in [1.807, 2.05) is 0 Å². The van der Waals surface area contributed by atoms with Crippen molar-refractivity contribution in [1.82, 2.24) is 10.4 Å². The van der Waals surface area contributed by atoms with Gasteiger partial charge in [-0.2, -0.15) is 0 Å². The Labute approximate surface area is 161 Å². The van der Waals surface area contributed by atoms with Gasteiger partial charge in [-0.25, -0.2) is 4.79 Å². The summed E-state index contributed by atoms with van der Waals surface area (Å²) in [5, 5.41) is 2.91. The van der Waals surface area contributed by atoms with E-state index in [2.05, 4.69) is 5.32 Å². The highest BCUT2D eigenvalue weighted by Gasteiger charge is 2.39. The van der Waals surface area contributed by atoms with Crippen molar-refractivity contribution in [2.45, 2.75) is 19.4 Å². The maximum absolute atomic E-state index is 12.6. The van der Waals surface area contributed by atoms with Crippen LogP contribution in [0.3, 0.4) is 0 Å². The fourth-order valence-electron chi connectivity index (χ4n) is 2.88. The van der Waals surface area contributed by atoms with Gasteiger partial charge in [0.25, 0.3) is 11.8 Å². The van der Waals surface area contributed by atoms with Gasteiger partial charge < -0.3 is 14.9 Å². The van der Waals surface area contributed by atoms with Crippen LogP contribution in [0.25, 0.3) is 0 Å². The quantitative estimate of drug-likeness (QED) is 0.760. The summed E-state index contributed by atoms with van der Waals surface area (Å²) in [6.45, 7) is 1.26. The van der Waals surface area contributed by atoms with Crippen LogP contribution in [0, 0.1) is 0 Å². The Kier molecular flexibility index (Phi) is 5.39. The molecule has 3 rings (SSSR count). The molecule has 0 aliphatic carbocycles. The molecule has 28 heavy (non-hydrogen) atoms. The standard InChI is InChI=1S/C20H18N2O6/c1-12(23)21-17(11-13-6-5-7-14(10-13)27-2)20(26)28-22-18(24)15-8-3-4-9-16(15)19(22)25/h3-10,17H,11H2,1-2H3,(H,21,23). The third-order valence-corrected chi connectivity index (χ3v) is 4.17. The second-order valence-electron chi connectivity index (χ2n) is 6.17. The SMILES string of the molecule is COc1cccc(CC(NC(C)=O)C(=O)ON2C(=O)c3ccccc3C2=O)c1. The summed E-state index contributed by atoms with van der Waals surface area (Å²) in [6.07, 6.45) is 0.0960. The lowest BCUT2D eigenvalue weighted by Crippen LogP contribution is -2.46. The molecule has 8 heteroatoms. The van der Waals surface area contributed by atoms with Crippen LogP contribution in [0.15, 0.2) is 48.5 Å². The van der Waals surface area contributed by atoms with Gasteiger partial charge in [-0.15, -0.1) is 0 Å². The van der Waals surface area contributed by atoms with Crippen molar-refractivity contribution < 1.29 is 28.8 Å². The van der Waals surface area contributed by atoms with Crippen LogP contribution in [0.1, 0.15) is 33.2 Å². The zero-order chi connectivity index (χ0) is 20.3. The molecule has 1 aliphatic heterocycles. The van der Waals surface area contributed by atoms with Crippen LogP contribution in [-0.4, -0.2) is 41.9 Å². The van der Waals surface area contributed by atoms with Crippen LogP contribution < -0.4 is 10.1 Å². The Balaban J connectivity index is 1.78. The lowest BCUT2D eigenvalue weighted by molar-refractivity contribution is -0.171. The number of methoxy groups -OCH3 is 1. The molecule has 0 saturated carbocycles. The minimum Gasteiger partial charge on any atom is -0.497 e. The minimum atomic E-state index is -1.09. The second kappa shape index (κ2) is 7.91. The van der Waals surface area contributed by atoms with Gasteiger partial charge in [-0.05, 0) is 29.8 Å². The highest BCUT2D eigenvalue weighted by Crippen LogP contribution is 2.23. The number of carbonyl (C=O) groups is 4. The number of benzene rings is 2. The van der Waals surface area contributed by atoms with Crippen molar-refractivity contribution in [2.75, 3.05) is 7.11 Å². The zero-order valence-electron chi connectivity index (χ0n) is 15.3. The van der Waals surface area contributed by atoms with E-state index in [1.54, 1.807) is 36.4 Å². The molecule has 144 valence electrons. The van der Waals surface area contributed by atoms with E-state index in [9.17, 15) is 19.2 Å². The lowest BCUT2D eigenvalue weighted by Gasteiger charge is -2.20. The van der Waals surface area contributed by atoms with E-state index < -0.39 is 29.7 Å². The summed E-state index contributed by atoms with van der Waals surface area (Å²) in [7, 11) is 1.51. The fourth-order valence-corrected chi connectivity index (χ4v) is 2.88. The van der Waals surface area contributed by atoms with E-state index in [1.165, 1.54) is 26.2 Å². The number of imide groups is 1. The van der Waals surface area contributed by atoms with Gasteiger partial charge in [-0.1, -0.05) is 29.3 Å². The summed E-state index contributed by atoms with van der Waals surface area (Å²) in [5.74, 6) is -2.23. The van der Waals surface area contributed by atoms with Gasteiger partial charge in [0.1, 0.15) is 11.8 Å². The number of hydrogen-bond acceptors (Lipinski definition) is 6. The van der Waals surface area contributed by atoms with Crippen molar-refractivity contribution >= 4 is 23.7 Å². The molecular weight excluding hydrogens is 364 g/mol. The first-order valence-corrected chi connectivity index (χ1v) is 8.50. The van der Waals surface area contributed by atoms with Crippen molar-refractivity contribution in [3.8, 4) is 5.75 Å². The molecule has 1 N–H and O–H groups in total. The predicted molar refractivity (Wildman–Crippen MR) is 97.3 cm³/mol. The number of ether oxygens (including phenoxy) is 1. The number of fused-ring (bicyclic) bond motifs is 1. The molecular formula is C20H18N2O6. The smallest absolute Gasteiger partial charge is 0.355 e. The Hall–Kier alpha value is -3.68. The number of rotatable bonds is 6. The van der Waals surface area contributed by atoms with E-state index in [0.717, 1.165) is 0 Å². The third-order valence-electron chi connectivity index (χ3n) is 4.17. The summed E-state index contributed by atoms with van der Waals surface area (Å²) < 4.78 is 5.15. The molecule has 0 radical (unpaired) electrons. The molecule has 1 unspecified atom stereocenters. The molecule has 0 spiro atoms. The average Bonchev–Trinajstić information content (AvgIpc) is 2.92. The van der Waals surface area contributed by atoms with Crippen molar-refractivity contribution in [3.05, 3.63) is 65.2 Å². The molecule has 0 bridgehead atoms. The van der Waals surface area contributed by atoms with Crippen molar-refractivity contribution in [1.29, 1.82) is 0 Å². The largest absolute Gasteiger partial charge is 0.497 e. The maximum Gasteiger partial charge on any atom is 0.355 e. The Morgan fingerprint density at radius 1 is 1.04 bits per heavy atom. The fraction of sp³-hybridized carbons (Fsp3) is 0.200.